The van der Waals surface area contributed by atoms with E-state index in [1.54, 1.807) is 34.6 Å². The molecule has 4 heterocycles. The number of piperazine rings is 1. The van der Waals surface area contributed by atoms with E-state index in [9.17, 15) is 19.2 Å². The summed E-state index contributed by atoms with van der Waals surface area (Å²) < 4.78 is 27.6. The maximum atomic E-state index is 14.6. The number of amides is 1. The molecule has 3 aromatic rings. The standard InChI is InChI=1S/C33H32FN5O4S2/c1-3-4-11-38-30(37-14-12-36(13-15-37)26-8-6-5-7-25(26)34)23(21(2)24(18-35)31(38)40)17-29-32(41)39(33(44)45-29)19-22-9-10-27-28(16-22)43-20-42-27/h5-10,16-17H,3-4,11-15,19-20H2,1-2H3. The fourth-order valence-corrected chi connectivity index (χ4v) is 7.10. The lowest BCUT2D eigenvalue weighted by molar-refractivity contribution is -0.122. The number of fused-ring (bicyclic) bond motifs is 1. The highest BCUT2D eigenvalue weighted by Gasteiger charge is 2.34. The summed E-state index contributed by atoms with van der Waals surface area (Å²) in [6.45, 7) is 6.78. The highest BCUT2D eigenvalue weighted by molar-refractivity contribution is 8.26. The third-order valence-electron chi connectivity index (χ3n) is 8.28. The predicted molar refractivity (Wildman–Crippen MR) is 177 cm³/mol. The van der Waals surface area contributed by atoms with Gasteiger partial charge in [-0.15, -0.1) is 0 Å². The van der Waals surface area contributed by atoms with E-state index in [1.807, 2.05) is 36.1 Å². The number of halogens is 1. The maximum absolute atomic E-state index is 14.6. The zero-order valence-corrected chi connectivity index (χ0v) is 26.7. The van der Waals surface area contributed by atoms with Crippen LogP contribution in [0.3, 0.4) is 0 Å². The van der Waals surface area contributed by atoms with Crippen molar-refractivity contribution in [1.29, 1.82) is 5.26 Å². The van der Waals surface area contributed by atoms with Crippen LogP contribution >= 0.6 is 24.0 Å². The molecule has 0 unspecified atom stereocenters. The van der Waals surface area contributed by atoms with Crippen LogP contribution in [0.1, 0.15) is 42.0 Å². The molecule has 0 saturated carbocycles. The van der Waals surface area contributed by atoms with Crippen LogP contribution in [-0.4, -0.2) is 52.7 Å². The van der Waals surface area contributed by atoms with Gasteiger partial charge in [0.15, 0.2) is 11.5 Å². The Morgan fingerprint density at radius 1 is 1.07 bits per heavy atom. The summed E-state index contributed by atoms with van der Waals surface area (Å²) in [4.78, 5) is 33.5. The van der Waals surface area contributed by atoms with Gasteiger partial charge in [0.2, 0.25) is 6.79 Å². The molecule has 0 spiro atoms. The lowest BCUT2D eigenvalue weighted by Crippen LogP contribution is -2.49. The third-order valence-corrected chi connectivity index (χ3v) is 9.66. The van der Waals surface area contributed by atoms with Crippen LogP contribution in [0.25, 0.3) is 6.08 Å². The molecule has 1 aromatic heterocycles. The first-order valence-corrected chi connectivity index (χ1v) is 16.1. The van der Waals surface area contributed by atoms with E-state index >= 15 is 0 Å². The van der Waals surface area contributed by atoms with Crippen molar-refractivity contribution in [3.8, 4) is 17.6 Å². The molecule has 2 aromatic carbocycles. The molecule has 3 aliphatic heterocycles. The Labute approximate surface area is 270 Å². The summed E-state index contributed by atoms with van der Waals surface area (Å²) in [6.07, 6.45) is 3.37. The zero-order valence-electron chi connectivity index (χ0n) is 25.0. The summed E-state index contributed by atoms with van der Waals surface area (Å²) in [5.74, 6) is 1.43. The summed E-state index contributed by atoms with van der Waals surface area (Å²) in [6, 6.07) is 14.4. The van der Waals surface area contributed by atoms with E-state index in [-0.39, 0.29) is 36.2 Å². The van der Waals surface area contributed by atoms with Gasteiger partial charge in [-0.1, -0.05) is 55.5 Å². The molecule has 45 heavy (non-hydrogen) atoms. The molecule has 12 heteroatoms. The van der Waals surface area contributed by atoms with Gasteiger partial charge in [0.05, 0.1) is 17.1 Å². The Morgan fingerprint density at radius 3 is 2.53 bits per heavy atom. The molecule has 2 saturated heterocycles. The first kappa shape index (κ1) is 30.7. The summed E-state index contributed by atoms with van der Waals surface area (Å²) in [5.41, 5.74) is 2.27. The lowest BCUT2D eigenvalue weighted by atomic mass is 10.0. The Bertz CT molecular complexity index is 1810. The number of unbranched alkanes of at least 4 members (excludes halogenated alkanes) is 1. The SMILES string of the molecule is CCCCn1c(N2CCN(c3ccccc3F)CC2)c(C=C2SC(=S)N(Cc3ccc4c(c3)OCO4)C2=O)c(C)c(C#N)c1=O. The fraction of sp³-hybridized carbons (Fsp3) is 0.333. The van der Waals surface area contributed by atoms with Gasteiger partial charge >= 0.3 is 0 Å². The minimum absolute atomic E-state index is 0.0573. The lowest BCUT2D eigenvalue weighted by Gasteiger charge is -2.39. The Morgan fingerprint density at radius 2 is 1.80 bits per heavy atom. The van der Waals surface area contributed by atoms with E-state index in [0.29, 0.717) is 76.1 Å². The van der Waals surface area contributed by atoms with Crippen LogP contribution in [-0.2, 0) is 17.9 Å². The normalized spacial score (nSPS) is 17.0. The molecule has 6 rings (SSSR count). The topological polar surface area (TPSA) is 91.0 Å². The number of carbonyl (C=O) groups excluding carboxylic acids is 1. The van der Waals surface area contributed by atoms with Crippen molar-refractivity contribution in [2.45, 2.75) is 39.8 Å². The van der Waals surface area contributed by atoms with Crippen molar-refractivity contribution in [2.24, 2.45) is 0 Å². The van der Waals surface area contributed by atoms with Crippen LogP contribution in [0.15, 0.2) is 52.2 Å². The zero-order chi connectivity index (χ0) is 31.7. The van der Waals surface area contributed by atoms with Gasteiger partial charge in [0.1, 0.15) is 27.6 Å². The molecule has 9 nitrogen and oxygen atoms in total. The third kappa shape index (κ3) is 5.90. The van der Waals surface area contributed by atoms with E-state index in [0.717, 1.165) is 18.4 Å². The number of rotatable bonds is 8. The molecule has 0 radical (unpaired) electrons. The van der Waals surface area contributed by atoms with Gasteiger partial charge in [0, 0.05) is 38.3 Å². The quantitative estimate of drug-likeness (QED) is 0.235. The first-order chi connectivity index (χ1) is 21.8. The number of anilines is 2. The molecule has 0 bridgehead atoms. The molecule has 0 N–H and O–H groups in total. The molecule has 232 valence electrons. The van der Waals surface area contributed by atoms with Gasteiger partial charge in [-0.05, 0) is 54.8 Å². The molecular formula is C33H32FN5O4S2. The van der Waals surface area contributed by atoms with Crippen molar-refractivity contribution >= 4 is 51.8 Å². The minimum Gasteiger partial charge on any atom is -0.454 e. The van der Waals surface area contributed by atoms with Crippen LogP contribution in [0, 0.1) is 24.1 Å². The second-order valence-corrected chi connectivity index (χ2v) is 12.7. The van der Waals surface area contributed by atoms with Gasteiger partial charge in [-0.2, -0.15) is 5.26 Å². The van der Waals surface area contributed by atoms with Crippen molar-refractivity contribution in [3.05, 3.63) is 85.8 Å². The number of thioether (sulfide) groups is 1. The van der Waals surface area contributed by atoms with E-state index in [2.05, 4.69) is 11.0 Å². The highest BCUT2D eigenvalue weighted by atomic mass is 32.2. The van der Waals surface area contributed by atoms with Crippen molar-refractivity contribution in [3.63, 3.8) is 0 Å². The average Bonchev–Trinajstić information content (AvgIpc) is 3.62. The second kappa shape index (κ2) is 12.9. The van der Waals surface area contributed by atoms with Gasteiger partial charge in [0.25, 0.3) is 11.5 Å². The molecule has 2 fully saturated rings. The molecule has 3 aliphatic rings. The number of nitrogens with zero attached hydrogens (tertiary/aromatic N) is 5. The number of hydrogen-bond donors (Lipinski definition) is 0. The number of aromatic nitrogens is 1. The number of nitriles is 1. The van der Waals surface area contributed by atoms with E-state index < -0.39 is 0 Å². The summed E-state index contributed by atoms with van der Waals surface area (Å²) in [5, 5.41) is 10.0. The van der Waals surface area contributed by atoms with Crippen LogP contribution < -0.4 is 24.8 Å². The van der Waals surface area contributed by atoms with Gasteiger partial charge in [-0.25, -0.2) is 4.39 Å². The largest absolute Gasteiger partial charge is 0.454 e. The van der Waals surface area contributed by atoms with Crippen LogP contribution in [0.4, 0.5) is 15.9 Å². The van der Waals surface area contributed by atoms with E-state index in [4.69, 9.17) is 21.7 Å². The number of thiocarbonyl (C=S) groups is 1. The smallest absolute Gasteiger partial charge is 0.270 e. The molecular weight excluding hydrogens is 614 g/mol. The highest BCUT2D eigenvalue weighted by Crippen LogP contribution is 2.38. The predicted octanol–water partition coefficient (Wildman–Crippen LogP) is 5.42. The number of carbonyl (C=O) groups is 1. The number of ether oxygens (including phenoxy) is 2. The molecule has 0 atom stereocenters. The van der Waals surface area contributed by atoms with Crippen molar-refractivity contribution in [2.75, 3.05) is 42.8 Å². The van der Waals surface area contributed by atoms with E-state index in [1.165, 1.54) is 17.8 Å². The first-order valence-electron chi connectivity index (χ1n) is 14.9. The number of pyridine rings is 1. The number of hydrogen-bond acceptors (Lipinski definition) is 9. The van der Waals surface area contributed by atoms with Crippen molar-refractivity contribution < 1.29 is 18.7 Å². The Kier molecular flexibility index (Phi) is 8.83. The minimum atomic E-state index is -0.345. The average molecular weight is 646 g/mol. The van der Waals surface area contributed by atoms with Crippen molar-refractivity contribution in [1.82, 2.24) is 9.47 Å². The molecule has 1 amide bonds. The van der Waals surface area contributed by atoms with Crippen LogP contribution in [0.2, 0.25) is 0 Å². The van der Waals surface area contributed by atoms with Gasteiger partial charge in [-0.3, -0.25) is 19.1 Å². The summed E-state index contributed by atoms with van der Waals surface area (Å²) >= 11 is 6.84. The Balaban J connectivity index is 1.36. The second-order valence-electron chi connectivity index (χ2n) is 11.0. The number of para-hydroxylation sites is 1. The monoisotopic (exact) mass is 645 g/mol. The fourth-order valence-electron chi connectivity index (χ4n) is 5.87. The number of benzene rings is 2. The van der Waals surface area contributed by atoms with Crippen LogP contribution in [0.5, 0.6) is 11.5 Å². The Hall–Kier alpha value is -4.34. The maximum Gasteiger partial charge on any atom is 0.270 e. The summed E-state index contributed by atoms with van der Waals surface area (Å²) in [7, 11) is 0. The van der Waals surface area contributed by atoms with Gasteiger partial charge < -0.3 is 19.3 Å². The molecule has 0 aliphatic carbocycles.